The quantitative estimate of drug-likeness (QED) is 0.247. The standard InChI is InChI=1S/C36H26N2/c37-29-23-21-27(22-24-29)30-13-8-16-35(36(30)28-19-17-26(18-20-28)25-9-2-1-3-10-25)38-33-14-6-4-11-31(33)32-12-5-7-15-34(32)38/h1-24H,37H2. The van der Waals surface area contributed by atoms with E-state index in [0.29, 0.717) is 0 Å². The molecule has 0 amide bonds. The number of aromatic nitrogens is 1. The van der Waals surface area contributed by atoms with Crippen LogP contribution in [0.2, 0.25) is 0 Å². The van der Waals surface area contributed by atoms with Crippen molar-refractivity contribution in [3.63, 3.8) is 0 Å². The van der Waals surface area contributed by atoms with Crippen LogP contribution in [0.1, 0.15) is 0 Å². The summed E-state index contributed by atoms with van der Waals surface area (Å²) in [6.45, 7) is 0. The lowest BCUT2D eigenvalue weighted by molar-refractivity contribution is 1.18. The van der Waals surface area contributed by atoms with Gasteiger partial charge in [-0.15, -0.1) is 0 Å². The molecule has 0 aliphatic heterocycles. The van der Waals surface area contributed by atoms with Crippen molar-refractivity contribution in [1.82, 2.24) is 4.57 Å². The van der Waals surface area contributed by atoms with Gasteiger partial charge in [0.05, 0.1) is 16.7 Å². The fourth-order valence-electron chi connectivity index (χ4n) is 5.58. The Balaban J connectivity index is 1.53. The Bertz CT molecular complexity index is 1840. The van der Waals surface area contributed by atoms with Crippen molar-refractivity contribution in [2.24, 2.45) is 0 Å². The van der Waals surface area contributed by atoms with Crippen LogP contribution in [-0.4, -0.2) is 4.57 Å². The molecule has 0 aliphatic carbocycles. The second-order valence-corrected chi connectivity index (χ2v) is 9.63. The van der Waals surface area contributed by atoms with Gasteiger partial charge >= 0.3 is 0 Å². The van der Waals surface area contributed by atoms with Crippen molar-refractivity contribution in [2.45, 2.75) is 0 Å². The van der Waals surface area contributed by atoms with E-state index in [1.165, 1.54) is 49.6 Å². The van der Waals surface area contributed by atoms with E-state index < -0.39 is 0 Å². The Hall–Kier alpha value is -5.08. The van der Waals surface area contributed by atoms with E-state index in [1.807, 2.05) is 12.1 Å². The highest BCUT2D eigenvalue weighted by Crippen LogP contribution is 2.41. The van der Waals surface area contributed by atoms with Gasteiger partial charge in [-0.1, -0.05) is 115 Å². The Morgan fingerprint density at radius 3 is 1.58 bits per heavy atom. The number of nitrogen functional groups attached to an aromatic ring is 1. The Morgan fingerprint density at radius 2 is 0.921 bits per heavy atom. The van der Waals surface area contributed by atoms with Crippen molar-refractivity contribution in [3.05, 3.63) is 146 Å². The lowest BCUT2D eigenvalue weighted by Gasteiger charge is -2.19. The van der Waals surface area contributed by atoms with Gasteiger partial charge in [0.15, 0.2) is 0 Å². The summed E-state index contributed by atoms with van der Waals surface area (Å²) in [6.07, 6.45) is 0. The first-order valence-corrected chi connectivity index (χ1v) is 12.9. The molecule has 0 bridgehead atoms. The van der Waals surface area contributed by atoms with E-state index in [-0.39, 0.29) is 0 Å². The minimum atomic E-state index is 0.765. The third-order valence-corrected chi connectivity index (χ3v) is 7.37. The zero-order valence-electron chi connectivity index (χ0n) is 20.9. The molecule has 0 saturated carbocycles. The third kappa shape index (κ3) is 3.66. The first kappa shape index (κ1) is 22.1. The average Bonchev–Trinajstić information content (AvgIpc) is 3.32. The molecule has 38 heavy (non-hydrogen) atoms. The van der Waals surface area contributed by atoms with Crippen molar-refractivity contribution >= 4 is 27.5 Å². The molecule has 6 aromatic carbocycles. The smallest absolute Gasteiger partial charge is 0.0546 e. The minimum Gasteiger partial charge on any atom is -0.399 e. The highest BCUT2D eigenvalue weighted by molar-refractivity contribution is 6.10. The molecule has 0 unspecified atom stereocenters. The number of para-hydroxylation sites is 2. The van der Waals surface area contributed by atoms with Crippen LogP contribution in [0.15, 0.2) is 146 Å². The molecule has 2 heteroatoms. The molecule has 7 aromatic rings. The van der Waals surface area contributed by atoms with E-state index >= 15 is 0 Å². The van der Waals surface area contributed by atoms with Gasteiger partial charge in [-0.25, -0.2) is 0 Å². The number of hydrogen-bond donors (Lipinski definition) is 1. The molecular formula is C36H26N2. The Kier molecular flexibility index (Phi) is 5.30. The first-order valence-electron chi connectivity index (χ1n) is 12.9. The predicted molar refractivity (Wildman–Crippen MR) is 162 cm³/mol. The lowest BCUT2D eigenvalue weighted by Crippen LogP contribution is -1.99. The summed E-state index contributed by atoms with van der Waals surface area (Å²) in [5.74, 6) is 0. The molecule has 1 aromatic heterocycles. The van der Waals surface area contributed by atoms with Crippen molar-refractivity contribution < 1.29 is 0 Å². The highest BCUT2D eigenvalue weighted by atomic mass is 15.0. The van der Waals surface area contributed by atoms with Crippen molar-refractivity contribution in [1.29, 1.82) is 0 Å². The molecule has 2 N–H and O–H groups in total. The van der Waals surface area contributed by atoms with Gasteiger partial charge in [0.1, 0.15) is 0 Å². The molecule has 0 atom stereocenters. The summed E-state index contributed by atoms with van der Waals surface area (Å²) in [7, 11) is 0. The van der Waals surface area contributed by atoms with Gasteiger partial charge in [0, 0.05) is 22.0 Å². The summed E-state index contributed by atoms with van der Waals surface area (Å²) < 4.78 is 2.41. The summed E-state index contributed by atoms with van der Waals surface area (Å²) >= 11 is 0. The summed E-state index contributed by atoms with van der Waals surface area (Å²) in [5.41, 5.74) is 17.5. The average molecular weight is 487 g/mol. The van der Waals surface area contributed by atoms with Crippen LogP contribution in [-0.2, 0) is 0 Å². The topological polar surface area (TPSA) is 30.9 Å². The molecule has 0 fully saturated rings. The number of nitrogens with two attached hydrogens (primary N) is 1. The molecular weight excluding hydrogens is 460 g/mol. The zero-order chi connectivity index (χ0) is 25.5. The fourth-order valence-corrected chi connectivity index (χ4v) is 5.58. The number of hydrogen-bond acceptors (Lipinski definition) is 1. The minimum absolute atomic E-state index is 0.765. The second-order valence-electron chi connectivity index (χ2n) is 9.63. The molecule has 0 aliphatic rings. The van der Waals surface area contributed by atoms with Gasteiger partial charge in [-0.3, -0.25) is 0 Å². The molecule has 0 radical (unpaired) electrons. The molecule has 0 spiro atoms. The maximum absolute atomic E-state index is 6.05. The van der Waals surface area contributed by atoms with Crippen LogP contribution in [0, 0.1) is 0 Å². The van der Waals surface area contributed by atoms with Gasteiger partial charge in [-0.2, -0.15) is 0 Å². The van der Waals surface area contributed by atoms with Crippen LogP contribution in [0.4, 0.5) is 5.69 Å². The number of benzene rings is 6. The maximum atomic E-state index is 6.05. The van der Waals surface area contributed by atoms with Gasteiger partial charge in [-0.05, 0) is 58.1 Å². The van der Waals surface area contributed by atoms with Gasteiger partial charge in [0.2, 0.25) is 0 Å². The maximum Gasteiger partial charge on any atom is 0.0546 e. The number of nitrogens with zero attached hydrogens (tertiary/aromatic N) is 1. The van der Waals surface area contributed by atoms with E-state index in [1.54, 1.807) is 0 Å². The largest absolute Gasteiger partial charge is 0.399 e. The SMILES string of the molecule is Nc1ccc(-c2cccc(-n3c4ccccc4c4ccccc43)c2-c2ccc(-c3ccccc3)cc2)cc1. The highest BCUT2D eigenvalue weighted by Gasteiger charge is 2.18. The Morgan fingerprint density at radius 1 is 0.395 bits per heavy atom. The first-order chi connectivity index (χ1) is 18.8. The fraction of sp³-hybridized carbons (Fsp3) is 0. The van der Waals surface area contributed by atoms with E-state index in [9.17, 15) is 0 Å². The van der Waals surface area contributed by atoms with Crippen LogP contribution in [0.5, 0.6) is 0 Å². The van der Waals surface area contributed by atoms with Crippen LogP contribution in [0.25, 0.3) is 60.9 Å². The number of rotatable bonds is 4. The summed E-state index contributed by atoms with van der Waals surface area (Å²) in [5, 5.41) is 2.51. The van der Waals surface area contributed by atoms with Crippen molar-refractivity contribution in [3.8, 4) is 39.1 Å². The van der Waals surface area contributed by atoms with Gasteiger partial charge in [0.25, 0.3) is 0 Å². The molecule has 180 valence electrons. The van der Waals surface area contributed by atoms with E-state index in [4.69, 9.17) is 5.73 Å². The van der Waals surface area contributed by atoms with Crippen LogP contribution >= 0.6 is 0 Å². The zero-order valence-corrected chi connectivity index (χ0v) is 20.9. The second kappa shape index (κ2) is 9.10. The van der Waals surface area contributed by atoms with Crippen LogP contribution in [0.3, 0.4) is 0 Å². The van der Waals surface area contributed by atoms with Gasteiger partial charge < -0.3 is 10.3 Å². The molecule has 0 saturated heterocycles. The molecule has 7 rings (SSSR count). The summed E-state index contributed by atoms with van der Waals surface area (Å²) in [6, 6.07) is 51.6. The van der Waals surface area contributed by atoms with Crippen LogP contribution < -0.4 is 5.73 Å². The number of anilines is 1. The third-order valence-electron chi connectivity index (χ3n) is 7.37. The normalized spacial score (nSPS) is 11.3. The Labute approximate surface area is 222 Å². The van der Waals surface area contributed by atoms with E-state index in [2.05, 4.69) is 138 Å². The predicted octanol–water partition coefficient (Wildman–Crippen LogP) is 9.37. The lowest BCUT2D eigenvalue weighted by atomic mass is 9.91. The van der Waals surface area contributed by atoms with Crippen molar-refractivity contribution in [2.75, 3.05) is 5.73 Å². The van der Waals surface area contributed by atoms with E-state index in [0.717, 1.165) is 16.9 Å². The molecule has 2 nitrogen and oxygen atoms in total. The number of fused-ring (bicyclic) bond motifs is 3. The monoisotopic (exact) mass is 486 g/mol. The molecule has 1 heterocycles. The summed E-state index contributed by atoms with van der Waals surface area (Å²) in [4.78, 5) is 0.